The number of nitrogens with one attached hydrogen (secondary N) is 1. The summed E-state index contributed by atoms with van der Waals surface area (Å²) in [7, 11) is 1.71. The fourth-order valence-corrected chi connectivity index (χ4v) is 1.88. The number of hydrogen-bond donors (Lipinski definition) is 1. The minimum absolute atomic E-state index is 0.362. The van der Waals surface area contributed by atoms with Crippen molar-refractivity contribution in [2.24, 2.45) is 0 Å². The van der Waals surface area contributed by atoms with Crippen molar-refractivity contribution in [1.29, 1.82) is 5.26 Å². The molecule has 0 saturated heterocycles. The molecule has 0 aliphatic carbocycles. The first-order valence-corrected chi connectivity index (χ1v) is 6.21. The van der Waals surface area contributed by atoms with Gasteiger partial charge in [0.15, 0.2) is 0 Å². The minimum atomic E-state index is -4.16. The molecular formula is C12H22F3N3. The Morgan fingerprint density at radius 2 is 1.89 bits per heavy atom. The molecule has 0 radical (unpaired) electrons. The third-order valence-corrected chi connectivity index (χ3v) is 3.22. The maximum Gasteiger partial charge on any atom is 0.401 e. The van der Waals surface area contributed by atoms with E-state index in [1.807, 2.05) is 6.92 Å². The van der Waals surface area contributed by atoms with Gasteiger partial charge in [0.1, 0.15) is 5.54 Å². The Balaban J connectivity index is 4.19. The zero-order chi connectivity index (χ0) is 14.2. The van der Waals surface area contributed by atoms with Crippen LogP contribution in [0.25, 0.3) is 0 Å². The summed E-state index contributed by atoms with van der Waals surface area (Å²) in [6.07, 6.45) is -2.38. The molecule has 1 unspecified atom stereocenters. The third-order valence-electron chi connectivity index (χ3n) is 3.22. The lowest BCUT2D eigenvalue weighted by Crippen LogP contribution is -2.42. The summed E-state index contributed by atoms with van der Waals surface area (Å²) in [5, 5.41) is 12.0. The highest BCUT2D eigenvalue weighted by Gasteiger charge is 2.30. The predicted octanol–water partition coefficient (Wildman–Crippen LogP) is 2.54. The molecule has 0 amide bonds. The van der Waals surface area contributed by atoms with E-state index in [0.29, 0.717) is 32.4 Å². The first-order chi connectivity index (χ1) is 8.32. The molecule has 3 nitrogen and oxygen atoms in total. The monoisotopic (exact) mass is 265 g/mol. The molecule has 0 aromatic rings. The van der Waals surface area contributed by atoms with E-state index in [9.17, 15) is 13.2 Å². The molecule has 6 heteroatoms. The summed E-state index contributed by atoms with van der Waals surface area (Å²) in [5.41, 5.74) is -0.613. The molecule has 0 aliphatic heterocycles. The van der Waals surface area contributed by atoms with Crippen LogP contribution < -0.4 is 5.32 Å². The lowest BCUT2D eigenvalue weighted by molar-refractivity contribution is -0.145. The number of nitriles is 1. The number of halogens is 3. The fraction of sp³-hybridized carbons (Fsp3) is 0.917. The third kappa shape index (κ3) is 6.22. The number of nitrogens with zero attached hydrogens (tertiary/aromatic N) is 2. The van der Waals surface area contributed by atoms with Gasteiger partial charge in [-0.3, -0.25) is 4.90 Å². The van der Waals surface area contributed by atoms with E-state index < -0.39 is 18.3 Å². The standard InChI is InChI=1S/C12H22F3N3/c1-4-11(9-16,17-3)7-6-8-18(5-2)10-12(13,14)15/h17H,4-8,10H2,1-3H3. The average molecular weight is 265 g/mol. The van der Waals surface area contributed by atoms with E-state index >= 15 is 0 Å². The highest BCUT2D eigenvalue weighted by Crippen LogP contribution is 2.19. The normalized spacial score (nSPS) is 15.4. The second-order valence-corrected chi connectivity index (χ2v) is 4.38. The van der Waals surface area contributed by atoms with E-state index in [1.54, 1.807) is 14.0 Å². The first-order valence-electron chi connectivity index (χ1n) is 6.21. The van der Waals surface area contributed by atoms with Crippen molar-refractivity contribution in [1.82, 2.24) is 10.2 Å². The summed E-state index contributed by atoms with van der Waals surface area (Å²) in [4.78, 5) is 1.35. The molecule has 0 fully saturated rings. The van der Waals surface area contributed by atoms with E-state index in [1.165, 1.54) is 4.90 Å². The van der Waals surface area contributed by atoms with Crippen molar-refractivity contribution >= 4 is 0 Å². The Morgan fingerprint density at radius 3 is 2.22 bits per heavy atom. The Labute approximate surface area is 107 Å². The van der Waals surface area contributed by atoms with Crippen LogP contribution in [0.5, 0.6) is 0 Å². The molecule has 0 saturated carbocycles. The molecule has 0 aromatic heterocycles. The van der Waals surface area contributed by atoms with Gasteiger partial charge in [0.25, 0.3) is 0 Å². The zero-order valence-electron chi connectivity index (χ0n) is 11.3. The summed E-state index contributed by atoms with van der Waals surface area (Å²) >= 11 is 0. The van der Waals surface area contributed by atoms with Gasteiger partial charge in [0.05, 0.1) is 12.6 Å². The first kappa shape index (κ1) is 17.2. The van der Waals surface area contributed by atoms with Gasteiger partial charge >= 0.3 is 6.18 Å². The number of alkyl halides is 3. The second-order valence-electron chi connectivity index (χ2n) is 4.38. The zero-order valence-corrected chi connectivity index (χ0v) is 11.3. The maximum absolute atomic E-state index is 12.2. The average Bonchev–Trinajstić information content (AvgIpc) is 2.32. The van der Waals surface area contributed by atoms with Crippen LogP contribution in [-0.2, 0) is 0 Å². The molecule has 0 rings (SSSR count). The van der Waals surface area contributed by atoms with Crippen molar-refractivity contribution in [2.75, 3.05) is 26.7 Å². The van der Waals surface area contributed by atoms with E-state index in [2.05, 4.69) is 11.4 Å². The van der Waals surface area contributed by atoms with Crippen LogP contribution in [0.2, 0.25) is 0 Å². The van der Waals surface area contributed by atoms with Gasteiger partial charge in [-0.15, -0.1) is 0 Å². The Morgan fingerprint density at radius 1 is 1.28 bits per heavy atom. The highest BCUT2D eigenvalue weighted by molar-refractivity contribution is 5.05. The Bertz CT molecular complexity index is 267. The van der Waals surface area contributed by atoms with Gasteiger partial charge in [0.2, 0.25) is 0 Å². The predicted molar refractivity (Wildman–Crippen MR) is 65.1 cm³/mol. The fourth-order valence-electron chi connectivity index (χ4n) is 1.88. The molecular weight excluding hydrogens is 243 g/mol. The van der Waals surface area contributed by atoms with Crippen LogP contribution in [0.4, 0.5) is 13.2 Å². The molecule has 18 heavy (non-hydrogen) atoms. The minimum Gasteiger partial charge on any atom is -0.302 e. The molecule has 0 heterocycles. The summed E-state index contributed by atoms with van der Waals surface area (Å²) in [6, 6.07) is 2.20. The van der Waals surface area contributed by atoms with Gasteiger partial charge in [-0.25, -0.2) is 0 Å². The Hall–Kier alpha value is -0.800. The maximum atomic E-state index is 12.2. The summed E-state index contributed by atoms with van der Waals surface area (Å²) in [5.74, 6) is 0. The van der Waals surface area contributed by atoms with Gasteiger partial charge in [-0.1, -0.05) is 13.8 Å². The van der Waals surface area contributed by atoms with Crippen molar-refractivity contribution < 1.29 is 13.2 Å². The van der Waals surface area contributed by atoms with Crippen molar-refractivity contribution in [3.63, 3.8) is 0 Å². The van der Waals surface area contributed by atoms with Crippen molar-refractivity contribution in [3.05, 3.63) is 0 Å². The topological polar surface area (TPSA) is 39.1 Å². The molecule has 106 valence electrons. The van der Waals surface area contributed by atoms with Crippen LogP contribution in [0.3, 0.4) is 0 Å². The lowest BCUT2D eigenvalue weighted by Gasteiger charge is -2.27. The second kappa shape index (κ2) is 7.59. The SMILES string of the molecule is CCN(CCCC(C#N)(CC)NC)CC(F)(F)F. The van der Waals surface area contributed by atoms with Crippen molar-refractivity contribution in [2.45, 2.75) is 44.8 Å². The van der Waals surface area contributed by atoms with E-state index in [4.69, 9.17) is 5.26 Å². The Kier molecular flexibility index (Phi) is 7.26. The highest BCUT2D eigenvalue weighted by atomic mass is 19.4. The van der Waals surface area contributed by atoms with Gasteiger partial charge in [-0.05, 0) is 39.4 Å². The van der Waals surface area contributed by atoms with Crippen LogP contribution in [-0.4, -0.2) is 43.3 Å². The lowest BCUT2D eigenvalue weighted by atomic mass is 9.92. The van der Waals surface area contributed by atoms with Crippen LogP contribution in [0, 0.1) is 11.3 Å². The van der Waals surface area contributed by atoms with Crippen LogP contribution >= 0.6 is 0 Å². The van der Waals surface area contributed by atoms with Gasteiger partial charge in [0, 0.05) is 0 Å². The van der Waals surface area contributed by atoms with Crippen LogP contribution in [0.15, 0.2) is 0 Å². The summed E-state index contributed by atoms with van der Waals surface area (Å²) < 4.78 is 36.7. The van der Waals surface area contributed by atoms with E-state index in [0.717, 1.165) is 0 Å². The number of rotatable bonds is 8. The quantitative estimate of drug-likeness (QED) is 0.733. The van der Waals surface area contributed by atoms with Crippen LogP contribution in [0.1, 0.15) is 33.1 Å². The smallest absolute Gasteiger partial charge is 0.302 e. The molecule has 0 aliphatic rings. The molecule has 1 N–H and O–H groups in total. The largest absolute Gasteiger partial charge is 0.401 e. The van der Waals surface area contributed by atoms with Gasteiger partial charge < -0.3 is 5.32 Å². The van der Waals surface area contributed by atoms with Gasteiger partial charge in [-0.2, -0.15) is 18.4 Å². The molecule has 0 aromatic carbocycles. The van der Waals surface area contributed by atoms with E-state index in [-0.39, 0.29) is 0 Å². The number of hydrogen-bond acceptors (Lipinski definition) is 3. The molecule has 0 spiro atoms. The molecule has 0 bridgehead atoms. The molecule has 1 atom stereocenters. The summed E-state index contributed by atoms with van der Waals surface area (Å²) in [6.45, 7) is 3.45. The van der Waals surface area contributed by atoms with Crippen molar-refractivity contribution in [3.8, 4) is 6.07 Å².